The number of carbonyl (C=O) groups is 1. The highest BCUT2D eigenvalue weighted by Crippen LogP contribution is 2.16. The highest BCUT2D eigenvalue weighted by atomic mass is 16.5. The third-order valence-electron chi connectivity index (χ3n) is 3.36. The van der Waals surface area contributed by atoms with E-state index in [1.165, 1.54) is 26.4 Å². The zero-order valence-corrected chi connectivity index (χ0v) is 11.3. The summed E-state index contributed by atoms with van der Waals surface area (Å²) >= 11 is 0. The van der Waals surface area contributed by atoms with Gasteiger partial charge in [0.05, 0.1) is 18.4 Å². The maximum absolute atomic E-state index is 11.3. The number of pyridine rings is 1. The second-order valence-electron chi connectivity index (χ2n) is 4.81. The Morgan fingerprint density at radius 3 is 3.00 bits per heavy atom. The molecule has 0 fully saturated rings. The number of aromatic nitrogens is 1. The van der Waals surface area contributed by atoms with Crippen LogP contribution < -0.4 is 5.32 Å². The zero-order valence-electron chi connectivity index (χ0n) is 11.3. The fourth-order valence-corrected chi connectivity index (χ4v) is 2.21. The first kappa shape index (κ1) is 13.7. The Morgan fingerprint density at radius 1 is 1.47 bits per heavy atom. The molecule has 102 valence electrons. The van der Waals surface area contributed by atoms with Crippen molar-refractivity contribution in [3.8, 4) is 0 Å². The lowest BCUT2D eigenvalue weighted by Gasteiger charge is -2.17. The average molecular weight is 260 g/mol. The van der Waals surface area contributed by atoms with Gasteiger partial charge >= 0.3 is 5.97 Å². The van der Waals surface area contributed by atoms with E-state index < -0.39 is 0 Å². The molecule has 1 atom stereocenters. The van der Waals surface area contributed by atoms with Crippen molar-refractivity contribution < 1.29 is 9.53 Å². The van der Waals surface area contributed by atoms with Crippen LogP contribution in [0, 0.1) is 5.92 Å². The summed E-state index contributed by atoms with van der Waals surface area (Å²) in [4.78, 5) is 15.5. The van der Waals surface area contributed by atoms with Gasteiger partial charge in [-0.3, -0.25) is 4.98 Å². The lowest BCUT2D eigenvalue weighted by atomic mass is 9.94. The van der Waals surface area contributed by atoms with Gasteiger partial charge in [-0.1, -0.05) is 12.2 Å². The first-order chi connectivity index (χ1) is 9.29. The predicted octanol–water partition coefficient (Wildman–Crippen LogP) is 2.31. The molecule has 0 saturated heterocycles. The van der Waals surface area contributed by atoms with Gasteiger partial charge in [0.2, 0.25) is 0 Å². The highest BCUT2D eigenvalue weighted by molar-refractivity contribution is 5.88. The Hall–Kier alpha value is -1.68. The molecular formula is C15H20N2O2. The number of rotatable bonds is 5. The maximum atomic E-state index is 11.3. The summed E-state index contributed by atoms with van der Waals surface area (Å²) in [6, 6.07) is 3.61. The molecule has 1 unspecified atom stereocenters. The largest absolute Gasteiger partial charge is 0.465 e. The van der Waals surface area contributed by atoms with Gasteiger partial charge in [0.15, 0.2) is 0 Å². The number of carbonyl (C=O) groups excluding carboxylic acids is 1. The van der Waals surface area contributed by atoms with Crippen molar-refractivity contribution in [2.75, 3.05) is 13.7 Å². The fraction of sp³-hybridized carbons (Fsp3) is 0.467. The summed E-state index contributed by atoms with van der Waals surface area (Å²) in [5.41, 5.74) is 1.43. The van der Waals surface area contributed by atoms with Gasteiger partial charge in [-0.05, 0) is 43.9 Å². The minimum atomic E-state index is -0.346. The van der Waals surface area contributed by atoms with E-state index in [0.717, 1.165) is 24.7 Å². The molecule has 1 aliphatic carbocycles. The Bertz CT molecular complexity index is 440. The van der Waals surface area contributed by atoms with E-state index in [1.807, 2.05) is 6.07 Å². The minimum absolute atomic E-state index is 0.346. The molecule has 1 aromatic rings. The number of hydrogen-bond acceptors (Lipinski definition) is 4. The van der Waals surface area contributed by atoms with E-state index in [9.17, 15) is 4.79 Å². The number of nitrogens with zero attached hydrogens (tertiary/aromatic N) is 1. The van der Waals surface area contributed by atoms with Crippen molar-refractivity contribution in [2.24, 2.45) is 5.92 Å². The van der Waals surface area contributed by atoms with Crippen molar-refractivity contribution >= 4 is 5.97 Å². The number of hydrogen-bond donors (Lipinski definition) is 1. The predicted molar refractivity (Wildman–Crippen MR) is 73.8 cm³/mol. The topological polar surface area (TPSA) is 51.2 Å². The average Bonchev–Trinajstić information content (AvgIpc) is 2.48. The molecule has 0 aliphatic heterocycles. The summed E-state index contributed by atoms with van der Waals surface area (Å²) in [6.07, 6.45) is 9.70. The van der Waals surface area contributed by atoms with Crippen LogP contribution in [0.1, 0.15) is 35.3 Å². The number of methoxy groups -OCH3 is 1. The summed E-state index contributed by atoms with van der Waals surface area (Å²) in [5.74, 6) is 0.389. The third kappa shape index (κ3) is 4.17. The molecule has 4 heteroatoms. The van der Waals surface area contributed by atoms with E-state index >= 15 is 0 Å². The summed E-state index contributed by atoms with van der Waals surface area (Å²) in [7, 11) is 1.37. The lowest BCUT2D eigenvalue weighted by molar-refractivity contribution is 0.0600. The molecule has 1 aromatic heterocycles. The SMILES string of the molecule is COC(=O)c1ccc(CNCC2CC=CCC2)nc1. The molecular weight excluding hydrogens is 240 g/mol. The van der Waals surface area contributed by atoms with Crippen LogP contribution in [0.5, 0.6) is 0 Å². The summed E-state index contributed by atoms with van der Waals surface area (Å²) in [5, 5.41) is 3.42. The monoisotopic (exact) mass is 260 g/mol. The smallest absolute Gasteiger partial charge is 0.339 e. The zero-order chi connectivity index (χ0) is 13.5. The molecule has 1 N–H and O–H groups in total. The van der Waals surface area contributed by atoms with Crippen LogP contribution in [-0.2, 0) is 11.3 Å². The van der Waals surface area contributed by atoms with Crippen molar-refractivity contribution in [2.45, 2.75) is 25.8 Å². The lowest BCUT2D eigenvalue weighted by Crippen LogP contribution is -2.23. The number of esters is 1. The van der Waals surface area contributed by atoms with Gasteiger partial charge < -0.3 is 10.1 Å². The Kier molecular flexibility index (Phi) is 5.10. The van der Waals surface area contributed by atoms with Crippen LogP contribution >= 0.6 is 0 Å². The van der Waals surface area contributed by atoms with Crippen molar-refractivity contribution in [1.82, 2.24) is 10.3 Å². The van der Waals surface area contributed by atoms with Crippen LogP contribution in [0.2, 0.25) is 0 Å². The van der Waals surface area contributed by atoms with Crippen LogP contribution in [0.25, 0.3) is 0 Å². The van der Waals surface area contributed by atoms with E-state index in [4.69, 9.17) is 0 Å². The Morgan fingerprint density at radius 2 is 2.37 bits per heavy atom. The molecule has 0 spiro atoms. The second-order valence-corrected chi connectivity index (χ2v) is 4.81. The van der Waals surface area contributed by atoms with Gasteiger partial charge in [-0.2, -0.15) is 0 Å². The maximum Gasteiger partial charge on any atom is 0.339 e. The van der Waals surface area contributed by atoms with E-state index in [2.05, 4.69) is 27.2 Å². The molecule has 0 saturated carbocycles. The van der Waals surface area contributed by atoms with Crippen molar-refractivity contribution in [3.05, 3.63) is 41.7 Å². The quantitative estimate of drug-likeness (QED) is 0.652. The van der Waals surface area contributed by atoms with Gasteiger partial charge in [0, 0.05) is 12.7 Å². The molecule has 0 amide bonds. The van der Waals surface area contributed by atoms with Gasteiger partial charge in [-0.25, -0.2) is 4.79 Å². The molecule has 1 heterocycles. The van der Waals surface area contributed by atoms with Gasteiger partial charge in [0.25, 0.3) is 0 Å². The van der Waals surface area contributed by atoms with Crippen molar-refractivity contribution in [3.63, 3.8) is 0 Å². The second kappa shape index (κ2) is 7.04. The summed E-state index contributed by atoms with van der Waals surface area (Å²) < 4.78 is 4.64. The van der Waals surface area contributed by atoms with E-state index in [1.54, 1.807) is 12.3 Å². The Balaban J connectivity index is 1.76. The number of nitrogens with one attached hydrogen (secondary N) is 1. The standard InChI is InChI=1S/C15H20N2O2/c1-19-15(18)13-7-8-14(17-10-13)11-16-9-12-5-3-2-4-6-12/h2-3,7-8,10,12,16H,4-6,9,11H2,1H3. The van der Waals surface area contributed by atoms with Crippen LogP contribution in [0.4, 0.5) is 0 Å². The fourth-order valence-electron chi connectivity index (χ4n) is 2.21. The first-order valence-corrected chi connectivity index (χ1v) is 6.68. The molecule has 0 bridgehead atoms. The summed E-state index contributed by atoms with van der Waals surface area (Å²) in [6.45, 7) is 1.76. The van der Waals surface area contributed by atoms with E-state index in [-0.39, 0.29) is 5.97 Å². The van der Waals surface area contributed by atoms with Crippen molar-refractivity contribution in [1.29, 1.82) is 0 Å². The molecule has 1 aliphatic rings. The van der Waals surface area contributed by atoms with Crippen LogP contribution in [0.3, 0.4) is 0 Å². The van der Waals surface area contributed by atoms with Gasteiger partial charge in [-0.15, -0.1) is 0 Å². The molecule has 2 rings (SSSR count). The highest BCUT2D eigenvalue weighted by Gasteiger charge is 2.09. The first-order valence-electron chi connectivity index (χ1n) is 6.68. The minimum Gasteiger partial charge on any atom is -0.465 e. The van der Waals surface area contributed by atoms with Gasteiger partial charge in [0.1, 0.15) is 0 Å². The molecule has 19 heavy (non-hydrogen) atoms. The number of allylic oxidation sites excluding steroid dienone is 2. The molecule has 0 aromatic carbocycles. The molecule has 4 nitrogen and oxygen atoms in total. The van der Waals surface area contributed by atoms with Crippen LogP contribution in [0.15, 0.2) is 30.5 Å². The number of ether oxygens (including phenoxy) is 1. The van der Waals surface area contributed by atoms with Crippen LogP contribution in [-0.4, -0.2) is 24.6 Å². The Labute approximate surface area is 113 Å². The van der Waals surface area contributed by atoms with E-state index in [0.29, 0.717) is 5.56 Å². The normalized spacial score (nSPS) is 18.3. The third-order valence-corrected chi connectivity index (χ3v) is 3.36. The molecule has 0 radical (unpaired) electrons.